The quantitative estimate of drug-likeness (QED) is 0.625. The Bertz CT molecular complexity index is 398. The van der Waals surface area contributed by atoms with Crippen molar-refractivity contribution >= 4 is 17.8 Å². The molecule has 1 atom stereocenters. The minimum absolute atomic E-state index is 0.0881. The van der Waals surface area contributed by atoms with Gasteiger partial charge >= 0.3 is 5.97 Å². The van der Waals surface area contributed by atoms with Crippen LogP contribution in [0.15, 0.2) is 0 Å². The van der Waals surface area contributed by atoms with Gasteiger partial charge < -0.3 is 14.9 Å². The van der Waals surface area contributed by atoms with Gasteiger partial charge in [-0.1, -0.05) is 39.5 Å². The minimum atomic E-state index is -1.04. The lowest BCUT2D eigenvalue weighted by Gasteiger charge is -2.40. The molecule has 1 fully saturated rings. The molecule has 1 aliphatic rings. The number of hydrogen-bond donors (Lipinski definition) is 1. The predicted octanol–water partition coefficient (Wildman–Crippen LogP) is 1.88. The van der Waals surface area contributed by atoms with Gasteiger partial charge in [0.05, 0.1) is 13.0 Å². The molecule has 0 bridgehead atoms. The standard InChI is InChI=1S/C16H28N2O4/c1-3-5-7-9-17-12-14(19)18(10-8-6-4-2)13(16(17)22)11-15(20)21/h13H,3-12H2,1-2H3,(H,20,21)/t13-/m0/s1. The van der Waals surface area contributed by atoms with Crippen molar-refractivity contribution in [1.29, 1.82) is 0 Å². The summed E-state index contributed by atoms with van der Waals surface area (Å²) in [7, 11) is 0. The number of nitrogens with zero attached hydrogens (tertiary/aromatic N) is 2. The summed E-state index contributed by atoms with van der Waals surface area (Å²) in [5, 5.41) is 9.05. The molecule has 6 nitrogen and oxygen atoms in total. The summed E-state index contributed by atoms with van der Waals surface area (Å²) in [4.78, 5) is 38.9. The molecule has 2 amide bonds. The number of carboxylic acids is 1. The number of carbonyl (C=O) groups excluding carboxylic acids is 2. The van der Waals surface area contributed by atoms with Crippen molar-refractivity contribution in [3.05, 3.63) is 0 Å². The van der Waals surface area contributed by atoms with E-state index in [1.165, 1.54) is 9.80 Å². The first-order chi connectivity index (χ1) is 10.5. The zero-order valence-corrected chi connectivity index (χ0v) is 13.7. The van der Waals surface area contributed by atoms with Crippen LogP contribution in [0.4, 0.5) is 0 Å². The third-order valence-corrected chi connectivity index (χ3v) is 4.02. The fraction of sp³-hybridized carbons (Fsp3) is 0.812. The van der Waals surface area contributed by atoms with E-state index in [0.29, 0.717) is 13.1 Å². The lowest BCUT2D eigenvalue weighted by molar-refractivity contribution is -0.159. The van der Waals surface area contributed by atoms with Gasteiger partial charge in [0.25, 0.3) is 0 Å². The Hall–Kier alpha value is -1.59. The molecule has 0 aromatic rings. The maximum absolute atomic E-state index is 12.5. The summed E-state index contributed by atoms with van der Waals surface area (Å²) in [5.41, 5.74) is 0. The molecule has 126 valence electrons. The van der Waals surface area contributed by atoms with E-state index in [1.54, 1.807) is 0 Å². The second-order valence-electron chi connectivity index (χ2n) is 5.87. The van der Waals surface area contributed by atoms with Crippen LogP contribution < -0.4 is 0 Å². The fourth-order valence-corrected chi connectivity index (χ4v) is 2.77. The smallest absolute Gasteiger partial charge is 0.305 e. The van der Waals surface area contributed by atoms with Gasteiger partial charge in [-0.2, -0.15) is 0 Å². The van der Waals surface area contributed by atoms with E-state index < -0.39 is 12.0 Å². The van der Waals surface area contributed by atoms with Crippen LogP contribution in [0.1, 0.15) is 58.8 Å². The summed E-state index contributed by atoms with van der Waals surface area (Å²) in [6.45, 7) is 5.24. The Labute approximate surface area is 132 Å². The van der Waals surface area contributed by atoms with Gasteiger partial charge in [0, 0.05) is 13.1 Å². The number of aliphatic carboxylic acids is 1. The zero-order chi connectivity index (χ0) is 16.5. The van der Waals surface area contributed by atoms with E-state index in [0.717, 1.165) is 38.5 Å². The number of piperazine rings is 1. The van der Waals surface area contributed by atoms with Gasteiger partial charge in [-0.25, -0.2) is 0 Å². The molecule has 0 saturated carbocycles. The highest BCUT2D eigenvalue weighted by molar-refractivity contribution is 5.96. The Morgan fingerprint density at radius 3 is 2.23 bits per heavy atom. The van der Waals surface area contributed by atoms with Crippen LogP contribution in [0.3, 0.4) is 0 Å². The van der Waals surface area contributed by atoms with E-state index >= 15 is 0 Å². The molecule has 1 saturated heterocycles. The molecule has 1 N–H and O–H groups in total. The molecule has 1 heterocycles. The molecule has 1 aliphatic heterocycles. The summed E-state index contributed by atoms with van der Waals surface area (Å²) < 4.78 is 0. The Morgan fingerprint density at radius 2 is 1.68 bits per heavy atom. The second kappa shape index (κ2) is 9.43. The van der Waals surface area contributed by atoms with Crippen LogP contribution in [0.2, 0.25) is 0 Å². The first kappa shape index (κ1) is 18.5. The number of carbonyl (C=O) groups is 3. The van der Waals surface area contributed by atoms with Crippen molar-refractivity contribution in [3.8, 4) is 0 Å². The first-order valence-corrected chi connectivity index (χ1v) is 8.31. The van der Waals surface area contributed by atoms with E-state index in [1.807, 2.05) is 0 Å². The van der Waals surface area contributed by atoms with Crippen molar-refractivity contribution in [1.82, 2.24) is 9.80 Å². The van der Waals surface area contributed by atoms with Crippen molar-refractivity contribution in [2.75, 3.05) is 19.6 Å². The highest BCUT2D eigenvalue weighted by Gasteiger charge is 2.39. The summed E-state index contributed by atoms with van der Waals surface area (Å²) in [6.07, 6.45) is 5.38. The monoisotopic (exact) mass is 312 g/mol. The third kappa shape index (κ3) is 5.31. The molecule has 0 aromatic heterocycles. The maximum Gasteiger partial charge on any atom is 0.305 e. The lowest BCUT2D eigenvalue weighted by atomic mass is 10.1. The Balaban J connectivity index is 2.75. The number of rotatable bonds is 10. The number of hydrogen-bond acceptors (Lipinski definition) is 3. The van der Waals surface area contributed by atoms with Crippen LogP contribution in [0.5, 0.6) is 0 Å². The molecule has 0 spiro atoms. The minimum Gasteiger partial charge on any atom is -0.481 e. The van der Waals surface area contributed by atoms with Gasteiger partial charge in [0.15, 0.2) is 0 Å². The van der Waals surface area contributed by atoms with E-state index in [2.05, 4.69) is 13.8 Å². The number of carboxylic acid groups (broad SMARTS) is 1. The maximum atomic E-state index is 12.5. The second-order valence-corrected chi connectivity index (χ2v) is 5.87. The first-order valence-electron chi connectivity index (χ1n) is 8.31. The summed E-state index contributed by atoms with van der Waals surface area (Å²) in [6, 6.07) is -0.836. The van der Waals surface area contributed by atoms with Gasteiger partial charge in [-0.05, 0) is 12.8 Å². The lowest BCUT2D eigenvalue weighted by Crippen LogP contribution is -2.60. The Kier molecular flexibility index (Phi) is 7.91. The summed E-state index contributed by atoms with van der Waals surface area (Å²) >= 11 is 0. The van der Waals surface area contributed by atoms with Gasteiger partial charge in [-0.3, -0.25) is 14.4 Å². The van der Waals surface area contributed by atoms with Gasteiger partial charge in [0.2, 0.25) is 11.8 Å². The molecule has 0 aliphatic carbocycles. The topological polar surface area (TPSA) is 77.9 Å². The van der Waals surface area contributed by atoms with Crippen LogP contribution in [0, 0.1) is 0 Å². The molecule has 0 unspecified atom stereocenters. The van der Waals surface area contributed by atoms with Crippen LogP contribution in [-0.2, 0) is 14.4 Å². The van der Waals surface area contributed by atoms with Gasteiger partial charge in [0.1, 0.15) is 6.04 Å². The fourth-order valence-electron chi connectivity index (χ4n) is 2.77. The van der Waals surface area contributed by atoms with Crippen molar-refractivity contribution in [3.63, 3.8) is 0 Å². The van der Waals surface area contributed by atoms with Crippen molar-refractivity contribution < 1.29 is 19.5 Å². The number of unbranched alkanes of at least 4 members (excludes halogenated alkanes) is 4. The molecule has 1 rings (SSSR count). The van der Waals surface area contributed by atoms with Crippen LogP contribution in [-0.4, -0.2) is 58.4 Å². The van der Waals surface area contributed by atoms with Crippen LogP contribution in [0.25, 0.3) is 0 Å². The average Bonchev–Trinajstić information content (AvgIpc) is 2.46. The normalized spacial score (nSPS) is 18.9. The highest BCUT2D eigenvalue weighted by atomic mass is 16.4. The van der Waals surface area contributed by atoms with Gasteiger partial charge in [-0.15, -0.1) is 0 Å². The average molecular weight is 312 g/mol. The molecule has 0 radical (unpaired) electrons. The SMILES string of the molecule is CCCCCN1CC(=O)N(CCCCC)[C@@H](CC(=O)O)C1=O. The number of amides is 2. The predicted molar refractivity (Wildman–Crippen MR) is 83.4 cm³/mol. The Morgan fingerprint density at radius 1 is 1.09 bits per heavy atom. The third-order valence-electron chi connectivity index (χ3n) is 4.02. The van der Waals surface area contributed by atoms with E-state index in [-0.39, 0.29) is 24.8 Å². The van der Waals surface area contributed by atoms with E-state index in [4.69, 9.17) is 5.11 Å². The van der Waals surface area contributed by atoms with E-state index in [9.17, 15) is 14.4 Å². The molecular formula is C16H28N2O4. The molecule has 0 aromatic carbocycles. The molecule has 22 heavy (non-hydrogen) atoms. The molecule has 6 heteroatoms. The zero-order valence-electron chi connectivity index (χ0n) is 13.7. The highest BCUT2D eigenvalue weighted by Crippen LogP contribution is 2.18. The van der Waals surface area contributed by atoms with Crippen molar-refractivity contribution in [2.24, 2.45) is 0 Å². The van der Waals surface area contributed by atoms with Crippen LogP contribution >= 0.6 is 0 Å². The largest absolute Gasteiger partial charge is 0.481 e. The summed E-state index contributed by atoms with van der Waals surface area (Å²) in [5.74, 6) is -1.38. The molecular weight excluding hydrogens is 284 g/mol. The van der Waals surface area contributed by atoms with Crippen molar-refractivity contribution in [2.45, 2.75) is 64.8 Å².